The van der Waals surface area contributed by atoms with Gasteiger partial charge in [-0.15, -0.1) is 10.2 Å². The van der Waals surface area contributed by atoms with Crippen LogP contribution in [0.2, 0.25) is 0 Å². The number of nitrogens with zero attached hydrogens (tertiary/aromatic N) is 3. The number of carbonyl (C=O) groups excluding carboxylic acids is 2. The number of amides is 1. The van der Waals surface area contributed by atoms with E-state index in [0.29, 0.717) is 22.2 Å². The molecular weight excluding hydrogens is 448 g/mol. The van der Waals surface area contributed by atoms with Crippen LogP contribution in [0.4, 0.5) is 5.69 Å². The van der Waals surface area contributed by atoms with Gasteiger partial charge in [-0.25, -0.2) is 0 Å². The largest absolute Gasteiger partial charge is 0.497 e. The SMILES string of the molecule is COc1ccc(-c2nnc(SC(C)C(=O)Nc3ccccc3C(C)=O)n2-c2ccccc2)cc1. The van der Waals surface area contributed by atoms with Crippen LogP contribution in [0.1, 0.15) is 24.2 Å². The van der Waals surface area contributed by atoms with Crippen LogP contribution in [-0.4, -0.2) is 38.8 Å². The highest BCUT2D eigenvalue weighted by atomic mass is 32.2. The molecule has 1 amide bonds. The third-order valence-corrected chi connectivity index (χ3v) is 6.25. The third-order valence-electron chi connectivity index (χ3n) is 5.21. The average molecular weight is 473 g/mol. The zero-order valence-electron chi connectivity index (χ0n) is 19.1. The van der Waals surface area contributed by atoms with E-state index < -0.39 is 5.25 Å². The van der Waals surface area contributed by atoms with Gasteiger partial charge in [-0.2, -0.15) is 0 Å². The maximum absolute atomic E-state index is 13.0. The molecule has 0 aliphatic heterocycles. The molecule has 34 heavy (non-hydrogen) atoms. The van der Waals surface area contributed by atoms with Gasteiger partial charge in [-0.3, -0.25) is 14.2 Å². The Bertz CT molecular complexity index is 1300. The van der Waals surface area contributed by atoms with Gasteiger partial charge in [0.2, 0.25) is 5.91 Å². The Kier molecular flexibility index (Phi) is 7.08. The van der Waals surface area contributed by atoms with Gasteiger partial charge >= 0.3 is 0 Å². The van der Waals surface area contributed by atoms with Crippen LogP contribution in [0.15, 0.2) is 84.0 Å². The number of aromatic nitrogens is 3. The molecule has 1 unspecified atom stereocenters. The fraction of sp³-hybridized carbons (Fsp3) is 0.154. The number of carbonyl (C=O) groups is 2. The molecule has 4 rings (SSSR count). The Morgan fingerprint density at radius 3 is 2.29 bits per heavy atom. The van der Waals surface area contributed by atoms with Crippen LogP contribution < -0.4 is 10.1 Å². The summed E-state index contributed by atoms with van der Waals surface area (Å²) in [7, 11) is 1.62. The second-order valence-corrected chi connectivity index (χ2v) is 8.86. The summed E-state index contributed by atoms with van der Waals surface area (Å²) in [6.07, 6.45) is 0. The number of anilines is 1. The molecule has 0 saturated heterocycles. The minimum atomic E-state index is -0.490. The predicted molar refractivity (Wildman–Crippen MR) is 134 cm³/mol. The quantitative estimate of drug-likeness (QED) is 0.278. The van der Waals surface area contributed by atoms with Gasteiger partial charge in [0, 0.05) is 16.8 Å². The summed E-state index contributed by atoms with van der Waals surface area (Å²) in [5, 5.41) is 11.8. The van der Waals surface area contributed by atoms with Gasteiger partial charge in [0.05, 0.1) is 18.0 Å². The number of benzene rings is 3. The number of para-hydroxylation sites is 2. The molecule has 0 radical (unpaired) electrons. The fourth-order valence-corrected chi connectivity index (χ4v) is 4.30. The van der Waals surface area contributed by atoms with Gasteiger partial charge in [0.1, 0.15) is 5.75 Å². The predicted octanol–water partition coefficient (Wildman–Crippen LogP) is 5.26. The average Bonchev–Trinajstić information content (AvgIpc) is 3.28. The van der Waals surface area contributed by atoms with Crippen molar-refractivity contribution in [2.24, 2.45) is 0 Å². The zero-order chi connectivity index (χ0) is 24.1. The van der Waals surface area contributed by atoms with E-state index in [1.165, 1.54) is 18.7 Å². The van der Waals surface area contributed by atoms with Crippen LogP contribution in [-0.2, 0) is 4.79 Å². The molecule has 1 N–H and O–H groups in total. The number of hydrogen-bond acceptors (Lipinski definition) is 6. The summed E-state index contributed by atoms with van der Waals surface area (Å²) in [5.74, 6) is 1.07. The molecule has 3 aromatic carbocycles. The third kappa shape index (κ3) is 5.02. The Balaban J connectivity index is 1.63. The molecule has 0 saturated carbocycles. The van der Waals surface area contributed by atoms with Gasteiger partial charge in [-0.1, -0.05) is 42.1 Å². The van der Waals surface area contributed by atoms with E-state index in [1.54, 1.807) is 38.3 Å². The van der Waals surface area contributed by atoms with E-state index in [2.05, 4.69) is 15.5 Å². The summed E-state index contributed by atoms with van der Waals surface area (Å²) < 4.78 is 7.19. The number of methoxy groups -OCH3 is 1. The second kappa shape index (κ2) is 10.4. The number of thioether (sulfide) groups is 1. The van der Waals surface area contributed by atoms with Gasteiger partial charge in [0.15, 0.2) is 16.8 Å². The van der Waals surface area contributed by atoms with Gasteiger partial charge < -0.3 is 10.1 Å². The lowest BCUT2D eigenvalue weighted by Gasteiger charge is -2.15. The van der Waals surface area contributed by atoms with Gasteiger partial charge in [0.25, 0.3) is 0 Å². The van der Waals surface area contributed by atoms with E-state index in [-0.39, 0.29) is 11.7 Å². The Labute approximate surface area is 202 Å². The number of hydrogen-bond donors (Lipinski definition) is 1. The van der Waals surface area contributed by atoms with Crippen molar-refractivity contribution in [3.8, 4) is 22.8 Å². The molecule has 0 aliphatic carbocycles. The van der Waals surface area contributed by atoms with Crippen molar-refractivity contribution in [1.82, 2.24) is 14.8 Å². The van der Waals surface area contributed by atoms with Crippen molar-refractivity contribution in [1.29, 1.82) is 0 Å². The summed E-state index contributed by atoms with van der Waals surface area (Å²) in [5.41, 5.74) is 2.73. The maximum atomic E-state index is 13.0. The molecule has 0 aliphatic rings. The van der Waals surface area contributed by atoms with Crippen molar-refractivity contribution >= 4 is 29.1 Å². The zero-order valence-corrected chi connectivity index (χ0v) is 19.9. The lowest BCUT2D eigenvalue weighted by molar-refractivity contribution is -0.115. The Morgan fingerprint density at radius 1 is 0.941 bits per heavy atom. The lowest BCUT2D eigenvalue weighted by atomic mass is 10.1. The fourth-order valence-electron chi connectivity index (χ4n) is 3.43. The highest BCUT2D eigenvalue weighted by Gasteiger charge is 2.23. The summed E-state index contributed by atoms with van der Waals surface area (Å²) >= 11 is 1.30. The molecule has 0 spiro atoms. The molecule has 0 fully saturated rings. The van der Waals surface area contributed by atoms with Crippen LogP contribution in [0.3, 0.4) is 0 Å². The highest BCUT2D eigenvalue weighted by Crippen LogP contribution is 2.31. The summed E-state index contributed by atoms with van der Waals surface area (Å²) in [4.78, 5) is 24.9. The normalized spacial score (nSPS) is 11.6. The number of rotatable bonds is 8. The molecule has 4 aromatic rings. The number of ketones is 1. The highest BCUT2D eigenvalue weighted by molar-refractivity contribution is 8.00. The summed E-state index contributed by atoms with van der Waals surface area (Å²) in [6, 6.07) is 24.3. The number of nitrogens with one attached hydrogen (secondary N) is 1. The minimum absolute atomic E-state index is 0.107. The van der Waals surface area contributed by atoms with Crippen LogP contribution in [0.25, 0.3) is 17.1 Å². The molecule has 172 valence electrons. The maximum Gasteiger partial charge on any atom is 0.237 e. The molecule has 7 nitrogen and oxygen atoms in total. The first-order valence-corrected chi connectivity index (χ1v) is 11.6. The first-order valence-electron chi connectivity index (χ1n) is 10.7. The first-order chi connectivity index (χ1) is 16.5. The Hall–Kier alpha value is -3.91. The summed E-state index contributed by atoms with van der Waals surface area (Å²) in [6.45, 7) is 3.28. The van der Waals surface area contributed by atoms with E-state index >= 15 is 0 Å². The van der Waals surface area contributed by atoms with Crippen molar-refractivity contribution in [2.45, 2.75) is 24.3 Å². The van der Waals surface area contributed by atoms with E-state index in [9.17, 15) is 9.59 Å². The van der Waals surface area contributed by atoms with Crippen molar-refractivity contribution in [2.75, 3.05) is 12.4 Å². The van der Waals surface area contributed by atoms with E-state index in [4.69, 9.17) is 4.74 Å². The topological polar surface area (TPSA) is 86.1 Å². The molecule has 1 atom stereocenters. The first kappa shape index (κ1) is 23.3. The van der Waals surface area contributed by atoms with E-state index in [1.807, 2.05) is 59.2 Å². The Morgan fingerprint density at radius 2 is 1.62 bits per heavy atom. The standard InChI is InChI=1S/C26H24N4O3S/c1-17(31)22-11-7-8-12-23(22)27-25(32)18(2)34-26-29-28-24(19-13-15-21(33-3)16-14-19)30(26)20-9-5-4-6-10-20/h4-16,18H,1-3H3,(H,27,32). The smallest absolute Gasteiger partial charge is 0.237 e. The van der Waals surface area contributed by atoms with Crippen molar-refractivity contribution < 1.29 is 14.3 Å². The molecule has 8 heteroatoms. The van der Waals surface area contributed by atoms with Gasteiger partial charge in [-0.05, 0) is 62.4 Å². The molecule has 1 aromatic heterocycles. The monoisotopic (exact) mass is 472 g/mol. The number of Topliss-reactive ketones (excluding diaryl/α,β-unsaturated/α-hetero) is 1. The van der Waals surface area contributed by atoms with Crippen molar-refractivity contribution in [3.63, 3.8) is 0 Å². The molecule has 0 bridgehead atoms. The molecule has 1 heterocycles. The van der Waals surface area contributed by atoms with Crippen molar-refractivity contribution in [3.05, 3.63) is 84.4 Å². The minimum Gasteiger partial charge on any atom is -0.497 e. The van der Waals surface area contributed by atoms with Crippen LogP contribution in [0.5, 0.6) is 5.75 Å². The van der Waals surface area contributed by atoms with Crippen LogP contribution in [0, 0.1) is 0 Å². The van der Waals surface area contributed by atoms with E-state index in [0.717, 1.165) is 17.0 Å². The van der Waals surface area contributed by atoms with Crippen LogP contribution >= 0.6 is 11.8 Å². The lowest BCUT2D eigenvalue weighted by Crippen LogP contribution is -2.24. The molecular formula is C26H24N4O3S. The number of ether oxygens (including phenoxy) is 1. The second-order valence-electron chi connectivity index (χ2n) is 7.56.